The predicted molar refractivity (Wildman–Crippen MR) is 56.0 cm³/mol. The van der Waals surface area contributed by atoms with Crippen molar-refractivity contribution in [3.63, 3.8) is 0 Å². The molecule has 86 valence electrons. The Morgan fingerprint density at radius 2 is 2.11 bits per heavy atom. The number of hydrogen-bond donors (Lipinski definition) is 0. The number of hydrazone groups is 1. The average Bonchev–Trinajstić information content (AvgIpc) is 2.92. The molecule has 4 rings (SSSR count). The monoisotopic (exact) mass is 243 g/mol. The molecule has 3 aliphatic rings. The van der Waals surface area contributed by atoms with E-state index in [0.717, 1.165) is 4.81 Å². The lowest BCUT2D eigenvalue weighted by Gasteiger charge is -2.05. The Kier molecular flexibility index (Phi) is 1.55. The number of nitrogens with zero attached hydrogens (tertiary/aromatic N) is 6. The Labute approximate surface area is 99.0 Å². The van der Waals surface area contributed by atoms with Gasteiger partial charge in [-0.05, 0) is 18.2 Å². The topological polar surface area (TPSA) is 81.9 Å². The molecule has 1 aliphatic carbocycles. The van der Waals surface area contributed by atoms with Crippen molar-refractivity contribution in [3.8, 4) is 0 Å². The van der Waals surface area contributed by atoms with E-state index in [2.05, 4.69) is 25.7 Å². The number of hydrogen-bond acceptors (Lipinski definition) is 6. The van der Waals surface area contributed by atoms with Gasteiger partial charge in [0.05, 0.1) is 0 Å². The average molecular weight is 243 g/mol. The van der Waals surface area contributed by atoms with Crippen LogP contribution in [-0.2, 0) is 0 Å². The molecule has 1 unspecified atom stereocenters. The van der Waals surface area contributed by atoms with E-state index >= 15 is 0 Å². The maximum absolute atomic E-state index is 13.1. The number of carbonyl (C=O) groups is 1. The minimum absolute atomic E-state index is 0.155. The van der Waals surface area contributed by atoms with Gasteiger partial charge in [0.25, 0.3) is 0 Å². The molecule has 2 heterocycles. The van der Waals surface area contributed by atoms with E-state index < -0.39 is 12.1 Å². The van der Waals surface area contributed by atoms with E-state index in [1.54, 1.807) is 0 Å². The lowest BCUT2D eigenvalue weighted by atomic mass is 10.1. The molecule has 0 radical (unpaired) electrons. The van der Waals surface area contributed by atoms with Crippen LogP contribution in [0.2, 0.25) is 0 Å². The van der Waals surface area contributed by atoms with E-state index in [0.29, 0.717) is 11.3 Å². The molecule has 0 aromatic heterocycles. The first-order valence-electron chi connectivity index (χ1n) is 5.15. The van der Waals surface area contributed by atoms with E-state index in [-0.39, 0.29) is 17.1 Å². The number of carbonyl (C=O) groups excluding carboxylic acids is 1. The van der Waals surface area contributed by atoms with Crippen molar-refractivity contribution in [1.29, 1.82) is 0 Å². The highest BCUT2D eigenvalue weighted by Gasteiger charge is 2.42. The molecule has 1 aromatic carbocycles. The van der Waals surface area contributed by atoms with Crippen molar-refractivity contribution in [3.05, 3.63) is 35.1 Å². The van der Waals surface area contributed by atoms with E-state index in [4.69, 9.17) is 0 Å². The highest BCUT2D eigenvalue weighted by Crippen LogP contribution is 2.26. The standard InChI is InChI=1S/C10H4FN6O/c11-4-1-2-5-6(3-4)9(18)8-7(5)12-10-13-15-16-17(10)14-8/h1-3,10H/q+1. The van der Waals surface area contributed by atoms with Crippen LogP contribution in [0.15, 0.2) is 43.9 Å². The van der Waals surface area contributed by atoms with Crippen molar-refractivity contribution in [1.82, 2.24) is 0 Å². The fourth-order valence-corrected chi connectivity index (χ4v) is 2.07. The van der Waals surface area contributed by atoms with Crippen molar-refractivity contribution in [2.75, 3.05) is 0 Å². The summed E-state index contributed by atoms with van der Waals surface area (Å²) < 4.78 is 13.1. The molecule has 0 spiro atoms. The van der Waals surface area contributed by atoms with Crippen LogP contribution in [0.3, 0.4) is 0 Å². The molecular weight excluding hydrogens is 239 g/mol. The zero-order valence-corrected chi connectivity index (χ0v) is 8.78. The first kappa shape index (κ1) is 9.40. The van der Waals surface area contributed by atoms with Gasteiger partial charge >= 0.3 is 6.29 Å². The van der Waals surface area contributed by atoms with Crippen LogP contribution < -0.4 is 0 Å². The molecule has 0 N–H and O–H groups in total. The van der Waals surface area contributed by atoms with Crippen LogP contribution in [0, 0.1) is 5.82 Å². The Morgan fingerprint density at radius 1 is 1.22 bits per heavy atom. The van der Waals surface area contributed by atoms with Crippen molar-refractivity contribution < 1.29 is 14.0 Å². The van der Waals surface area contributed by atoms with Crippen LogP contribution in [0.1, 0.15) is 15.9 Å². The molecule has 0 amide bonds. The second kappa shape index (κ2) is 2.97. The van der Waals surface area contributed by atoms with Crippen LogP contribution in [0.4, 0.5) is 4.39 Å². The SMILES string of the molecule is O=C1C2=N[N+]3=NN=NC3N=C2c2ccc(F)cc21. The molecule has 0 bridgehead atoms. The molecule has 0 saturated carbocycles. The van der Waals surface area contributed by atoms with Gasteiger partial charge in [-0.3, -0.25) is 4.79 Å². The highest BCUT2D eigenvalue weighted by atomic mass is 19.1. The minimum Gasteiger partial charge on any atom is -0.287 e. The summed E-state index contributed by atoms with van der Waals surface area (Å²) in [4.78, 5) is 17.5. The first-order chi connectivity index (χ1) is 8.74. The van der Waals surface area contributed by atoms with Gasteiger partial charge in [0.1, 0.15) is 11.5 Å². The summed E-state index contributed by atoms with van der Waals surface area (Å²) in [5.74, 6) is -0.823. The number of ketones is 1. The third-order valence-corrected chi connectivity index (χ3v) is 2.86. The van der Waals surface area contributed by atoms with Gasteiger partial charge in [-0.2, -0.15) is 0 Å². The van der Waals surface area contributed by atoms with Gasteiger partial charge in [-0.25, -0.2) is 9.38 Å². The van der Waals surface area contributed by atoms with Crippen LogP contribution in [0.25, 0.3) is 0 Å². The fourth-order valence-electron chi connectivity index (χ4n) is 2.07. The second-order valence-electron chi connectivity index (χ2n) is 3.91. The van der Waals surface area contributed by atoms with Crippen molar-refractivity contribution in [2.45, 2.75) is 6.29 Å². The largest absolute Gasteiger partial charge is 0.374 e. The number of Topliss-reactive ketones (excluding diaryl/α,β-unsaturated/α-hetero) is 1. The first-order valence-corrected chi connectivity index (χ1v) is 5.15. The Hall–Kier alpha value is -2.64. The summed E-state index contributed by atoms with van der Waals surface area (Å²) in [6.07, 6.45) is -0.660. The van der Waals surface area contributed by atoms with Crippen LogP contribution in [0.5, 0.6) is 0 Å². The number of rotatable bonds is 0. The third kappa shape index (κ3) is 1.04. The normalized spacial score (nSPS) is 23.1. The summed E-state index contributed by atoms with van der Waals surface area (Å²) >= 11 is 0. The summed E-state index contributed by atoms with van der Waals surface area (Å²) in [5, 5.41) is 14.8. The highest BCUT2D eigenvalue weighted by molar-refractivity contribution is 6.77. The summed E-state index contributed by atoms with van der Waals surface area (Å²) in [7, 11) is 0. The minimum atomic E-state index is -0.660. The lowest BCUT2D eigenvalue weighted by molar-refractivity contribution is -0.623. The third-order valence-electron chi connectivity index (χ3n) is 2.86. The van der Waals surface area contributed by atoms with Gasteiger partial charge in [0, 0.05) is 21.0 Å². The maximum atomic E-state index is 13.1. The summed E-state index contributed by atoms with van der Waals surface area (Å²) in [6.45, 7) is 0. The molecule has 1 aromatic rings. The number of halogens is 1. The molecular formula is C10H4FN6O+. The lowest BCUT2D eigenvalue weighted by Crippen LogP contribution is -2.28. The zero-order chi connectivity index (χ0) is 12.3. The predicted octanol–water partition coefficient (Wildman–Crippen LogP) is 1.31. The number of fused-ring (bicyclic) bond motifs is 4. The quantitative estimate of drug-likeness (QED) is 0.632. The number of aliphatic imine (C=N–C) groups is 1. The fraction of sp³-hybridized carbons (Fsp3) is 0.100. The molecule has 0 saturated heterocycles. The van der Waals surface area contributed by atoms with E-state index in [1.807, 2.05) is 0 Å². The van der Waals surface area contributed by atoms with Gasteiger partial charge in [-0.15, -0.1) is 0 Å². The van der Waals surface area contributed by atoms with Crippen molar-refractivity contribution in [2.24, 2.45) is 25.7 Å². The maximum Gasteiger partial charge on any atom is 0.374 e. The van der Waals surface area contributed by atoms with Gasteiger partial charge < -0.3 is 0 Å². The van der Waals surface area contributed by atoms with Crippen molar-refractivity contribution >= 4 is 17.2 Å². The molecule has 1 atom stereocenters. The Morgan fingerprint density at radius 3 is 3.00 bits per heavy atom. The van der Waals surface area contributed by atoms with Crippen LogP contribution >= 0.6 is 0 Å². The zero-order valence-electron chi connectivity index (χ0n) is 8.78. The molecule has 0 fully saturated rings. The summed E-state index contributed by atoms with van der Waals surface area (Å²) in [6, 6.07) is 3.98. The van der Waals surface area contributed by atoms with Gasteiger partial charge in [-0.1, -0.05) is 5.10 Å². The second-order valence-corrected chi connectivity index (χ2v) is 3.91. The van der Waals surface area contributed by atoms with E-state index in [1.165, 1.54) is 18.2 Å². The van der Waals surface area contributed by atoms with E-state index in [9.17, 15) is 9.18 Å². The van der Waals surface area contributed by atoms with Crippen LogP contribution in [-0.4, -0.2) is 28.3 Å². The van der Waals surface area contributed by atoms with Gasteiger partial charge in [0.2, 0.25) is 11.0 Å². The molecule has 2 aliphatic heterocycles. The molecule has 7 nitrogen and oxygen atoms in total. The Balaban J connectivity index is 1.98. The summed E-state index contributed by atoms with van der Waals surface area (Å²) in [5.41, 5.74) is 1.42. The molecule has 8 heteroatoms. The number of benzene rings is 1. The smallest absolute Gasteiger partial charge is 0.287 e. The Bertz CT molecular complexity index is 732. The molecule has 18 heavy (non-hydrogen) atoms. The van der Waals surface area contributed by atoms with Gasteiger partial charge in [0.15, 0.2) is 10.9 Å².